The summed E-state index contributed by atoms with van der Waals surface area (Å²) in [4.78, 5) is 10.6. The van der Waals surface area contributed by atoms with E-state index in [4.69, 9.17) is 0 Å². The number of carbonyl (C=O) groups is 1. The van der Waals surface area contributed by atoms with Gasteiger partial charge in [0.1, 0.15) is 17.4 Å². The zero-order chi connectivity index (χ0) is 12.4. The molecule has 0 heterocycles. The Kier molecular flexibility index (Phi) is 2.87. The van der Waals surface area contributed by atoms with Crippen LogP contribution in [0.4, 0.5) is 8.78 Å². The molecule has 2 rings (SSSR count). The van der Waals surface area contributed by atoms with Crippen molar-refractivity contribution in [2.75, 3.05) is 0 Å². The van der Waals surface area contributed by atoms with Gasteiger partial charge in [-0.25, -0.2) is 8.78 Å². The Hall–Kier alpha value is -2.23. The zero-order valence-corrected chi connectivity index (χ0v) is 8.65. The number of halogens is 2. The molecule has 2 nitrogen and oxygen atoms in total. The Morgan fingerprint density at radius 1 is 1.06 bits per heavy atom. The third-order valence-electron chi connectivity index (χ3n) is 2.37. The normalized spacial score (nSPS) is 10.2. The number of rotatable bonds is 2. The van der Waals surface area contributed by atoms with Crippen molar-refractivity contribution in [1.82, 2.24) is 0 Å². The summed E-state index contributed by atoms with van der Waals surface area (Å²) in [5, 5.41) is 9.75. The second-order valence-corrected chi connectivity index (χ2v) is 3.52. The molecule has 0 amide bonds. The fraction of sp³-hybridized carbons (Fsp3) is 0. The highest BCUT2D eigenvalue weighted by Gasteiger charge is 2.10. The fourth-order valence-electron chi connectivity index (χ4n) is 1.60. The lowest BCUT2D eigenvalue weighted by Gasteiger charge is -2.06. The number of hydrogen-bond acceptors (Lipinski definition) is 2. The molecule has 0 aliphatic rings. The van der Waals surface area contributed by atoms with Crippen molar-refractivity contribution in [3.63, 3.8) is 0 Å². The standard InChI is InChI=1S/C13H8F2O2/c14-10-4-9(5-11(15)6-10)12-3-1-2-8(7-16)13(12)17/h1-7,17H. The van der Waals surface area contributed by atoms with Crippen molar-refractivity contribution >= 4 is 6.29 Å². The van der Waals surface area contributed by atoms with Gasteiger partial charge in [-0.2, -0.15) is 0 Å². The third kappa shape index (κ3) is 2.15. The van der Waals surface area contributed by atoms with E-state index >= 15 is 0 Å². The molecule has 0 spiro atoms. The monoisotopic (exact) mass is 234 g/mol. The lowest BCUT2D eigenvalue weighted by molar-refractivity contribution is 0.112. The smallest absolute Gasteiger partial charge is 0.153 e. The van der Waals surface area contributed by atoms with Crippen LogP contribution in [0.3, 0.4) is 0 Å². The second-order valence-electron chi connectivity index (χ2n) is 3.52. The van der Waals surface area contributed by atoms with Crippen molar-refractivity contribution in [1.29, 1.82) is 0 Å². The van der Waals surface area contributed by atoms with Crippen LogP contribution >= 0.6 is 0 Å². The quantitative estimate of drug-likeness (QED) is 0.810. The summed E-state index contributed by atoms with van der Waals surface area (Å²) in [6.45, 7) is 0. The molecule has 86 valence electrons. The van der Waals surface area contributed by atoms with Crippen LogP contribution in [0, 0.1) is 11.6 Å². The highest BCUT2D eigenvalue weighted by Crippen LogP contribution is 2.32. The molecular weight excluding hydrogens is 226 g/mol. The van der Waals surface area contributed by atoms with Gasteiger partial charge in [-0.1, -0.05) is 12.1 Å². The molecule has 0 fully saturated rings. The van der Waals surface area contributed by atoms with Gasteiger partial charge in [0.25, 0.3) is 0 Å². The minimum atomic E-state index is -0.740. The van der Waals surface area contributed by atoms with Crippen LogP contribution in [0.2, 0.25) is 0 Å². The first-order valence-electron chi connectivity index (χ1n) is 4.85. The van der Waals surface area contributed by atoms with Crippen LogP contribution in [0.15, 0.2) is 36.4 Å². The highest BCUT2D eigenvalue weighted by molar-refractivity contribution is 5.85. The molecule has 2 aromatic carbocycles. The van der Waals surface area contributed by atoms with Crippen LogP contribution in [0.5, 0.6) is 5.75 Å². The van der Waals surface area contributed by atoms with Gasteiger partial charge in [-0.3, -0.25) is 4.79 Å². The Morgan fingerprint density at radius 3 is 2.29 bits per heavy atom. The van der Waals surface area contributed by atoms with E-state index in [1.165, 1.54) is 18.2 Å². The number of carbonyl (C=O) groups excluding carboxylic acids is 1. The Balaban J connectivity index is 2.64. The first kappa shape index (κ1) is 11.3. The maximum absolute atomic E-state index is 13.0. The number of benzene rings is 2. The lowest BCUT2D eigenvalue weighted by atomic mass is 10.0. The van der Waals surface area contributed by atoms with E-state index < -0.39 is 11.6 Å². The van der Waals surface area contributed by atoms with Crippen LogP contribution in [0.25, 0.3) is 11.1 Å². The van der Waals surface area contributed by atoms with E-state index in [2.05, 4.69) is 0 Å². The van der Waals surface area contributed by atoms with E-state index in [0.29, 0.717) is 6.29 Å². The van der Waals surface area contributed by atoms with E-state index in [1.807, 2.05) is 0 Å². The highest BCUT2D eigenvalue weighted by atomic mass is 19.1. The fourth-order valence-corrected chi connectivity index (χ4v) is 1.60. The number of para-hydroxylation sites is 1. The number of hydrogen-bond donors (Lipinski definition) is 1. The van der Waals surface area contributed by atoms with E-state index in [9.17, 15) is 18.7 Å². The average molecular weight is 234 g/mol. The minimum Gasteiger partial charge on any atom is -0.507 e. The van der Waals surface area contributed by atoms with Gasteiger partial charge in [0, 0.05) is 11.6 Å². The third-order valence-corrected chi connectivity index (χ3v) is 2.37. The molecule has 0 aliphatic heterocycles. The Labute approximate surface area is 96.1 Å². The summed E-state index contributed by atoms with van der Waals surface area (Å²) in [5.41, 5.74) is 0.476. The Morgan fingerprint density at radius 2 is 1.71 bits per heavy atom. The lowest BCUT2D eigenvalue weighted by Crippen LogP contribution is -1.88. The number of aromatic hydroxyl groups is 1. The van der Waals surface area contributed by atoms with Gasteiger partial charge in [-0.15, -0.1) is 0 Å². The van der Waals surface area contributed by atoms with Crippen molar-refractivity contribution in [3.05, 3.63) is 53.6 Å². The van der Waals surface area contributed by atoms with Gasteiger partial charge in [0.05, 0.1) is 5.56 Å². The summed E-state index contributed by atoms with van der Waals surface area (Å²) in [5.74, 6) is -1.76. The maximum atomic E-state index is 13.0. The molecule has 0 unspecified atom stereocenters. The van der Waals surface area contributed by atoms with Crippen molar-refractivity contribution < 1.29 is 18.7 Å². The van der Waals surface area contributed by atoms with E-state index in [0.717, 1.165) is 18.2 Å². The largest absolute Gasteiger partial charge is 0.507 e. The number of aldehydes is 1. The van der Waals surface area contributed by atoms with E-state index in [1.54, 1.807) is 0 Å². The summed E-state index contributed by atoms with van der Waals surface area (Å²) < 4.78 is 26.1. The summed E-state index contributed by atoms with van der Waals surface area (Å²) >= 11 is 0. The minimum absolute atomic E-state index is 0.0761. The van der Waals surface area contributed by atoms with Crippen LogP contribution in [-0.2, 0) is 0 Å². The molecule has 0 aliphatic carbocycles. The zero-order valence-electron chi connectivity index (χ0n) is 8.65. The molecule has 0 aromatic heterocycles. The summed E-state index contributed by atoms with van der Waals surface area (Å²) in [7, 11) is 0. The SMILES string of the molecule is O=Cc1cccc(-c2cc(F)cc(F)c2)c1O. The van der Waals surface area contributed by atoms with Crippen LogP contribution in [0.1, 0.15) is 10.4 Å². The van der Waals surface area contributed by atoms with Gasteiger partial charge in [0.2, 0.25) is 0 Å². The van der Waals surface area contributed by atoms with Gasteiger partial charge < -0.3 is 5.11 Å². The van der Waals surface area contributed by atoms with Gasteiger partial charge in [0.15, 0.2) is 6.29 Å². The second kappa shape index (κ2) is 4.33. The van der Waals surface area contributed by atoms with Crippen LogP contribution in [-0.4, -0.2) is 11.4 Å². The number of phenols is 1. The van der Waals surface area contributed by atoms with Crippen molar-refractivity contribution in [2.45, 2.75) is 0 Å². The predicted molar refractivity (Wildman–Crippen MR) is 58.8 cm³/mol. The number of phenolic OH excluding ortho intramolecular Hbond substituents is 1. The van der Waals surface area contributed by atoms with Crippen LogP contribution < -0.4 is 0 Å². The molecule has 0 saturated carbocycles. The molecule has 2 aromatic rings. The molecule has 17 heavy (non-hydrogen) atoms. The topological polar surface area (TPSA) is 37.3 Å². The molecule has 0 radical (unpaired) electrons. The first-order valence-corrected chi connectivity index (χ1v) is 4.85. The average Bonchev–Trinajstić information content (AvgIpc) is 2.28. The summed E-state index contributed by atoms with van der Waals surface area (Å²) in [6, 6.07) is 7.35. The van der Waals surface area contributed by atoms with Gasteiger partial charge in [-0.05, 0) is 23.8 Å². The summed E-state index contributed by atoms with van der Waals surface area (Å²) in [6.07, 6.45) is 0.481. The molecule has 4 heteroatoms. The van der Waals surface area contributed by atoms with E-state index in [-0.39, 0.29) is 22.4 Å². The molecule has 1 N–H and O–H groups in total. The molecule has 0 atom stereocenters. The maximum Gasteiger partial charge on any atom is 0.153 e. The Bertz CT molecular complexity index is 559. The first-order chi connectivity index (χ1) is 8.11. The van der Waals surface area contributed by atoms with Crippen molar-refractivity contribution in [3.8, 4) is 16.9 Å². The predicted octanol–water partition coefficient (Wildman–Crippen LogP) is 3.15. The van der Waals surface area contributed by atoms with Gasteiger partial charge >= 0.3 is 0 Å². The van der Waals surface area contributed by atoms with Crippen molar-refractivity contribution in [2.24, 2.45) is 0 Å². The molecular formula is C13H8F2O2. The molecule has 0 saturated heterocycles. The molecule has 0 bridgehead atoms.